The summed E-state index contributed by atoms with van der Waals surface area (Å²) >= 11 is 8.77. The Morgan fingerprint density at radius 3 is 2.73 bits per heavy atom. The summed E-state index contributed by atoms with van der Waals surface area (Å²) in [6.45, 7) is 0. The van der Waals surface area contributed by atoms with Gasteiger partial charge in [0.05, 0.1) is 5.52 Å². The molecule has 0 spiro atoms. The lowest BCUT2D eigenvalue weighted by molar-refractivity contribution is 0.151. The summed E-state index contributed by atoms with van der Waals surface area (Å²) in [4.78, 5) is 7.68. The van der Waals surface area contributed by atoms with Gasteiger partial charge in [-0.15, -0.1) is 0 Å². The molecule has 78 valence electrons. The number of alkyl halides is 2. The van der Waals surface area contributed by atoms with E-state index < -0.39 is 6.43 Å². The fraction of sp³-hybridized carbons (Fsp3) is 0.111. The first kappa shape index (κ1) is 10.7. The van der Waals surface area contributed by atoms with Crippen molar-refractivity contribution in [2.24, 2.45) is 0 Å². The smallest absolute Gasteiger partial charge is 0.226 e. The SMILES string of the molecule is FC(F)c1cc(Br)c2nc(Cl)ncc2c1. The number of aromatic nitrogens is 2. The molecule has 6 heteroatoms. The van der Waals surface area contributed by atoms with Gasteiger partial charge in [0, 0.05) is 21.6 Å². The van der Waals surface area contributed by atoms with Crippen molar-refractivity contribution in [3.63, 3.8) is 0 Å². The minimum atomic E-state index is -2.51. The van der Waals surface area contributed by atoms with Gasteiger partial charge in [0.2, 0.25) is 5.28 Å². The lowest BCUT2D eigenvalue weighted by atomic mass is 10.1. The first-order valence-corrected chi connectivity index (χ1v) is 5.15. The van der Waals surface area contributed by atoms with Crippen LogP contribution >= 0.6 is 27.5 Å². The van der Waals surface area contributed by atoms with Crippen molar-refractivity contribution in [1.29, 1.82) is 0 Å². The highest BCUT2D eigenvalue weighted by molar-refractivity contribution is 9.10. The average molecular weight is 293 g/mol. The third-order valence-electron chi connectivity index (χ3n) is 1.88. The minimum absolute atomic E-state index is 0.0692. The molecule has 0 unspecified atom stereocenters. The van der Waals surface area contributed by atoms with Crippen molar-refractivity contribution in [3.8, 4) is 0 Å². The zero-order chi connectivity index (χ0) is 11.0. The molecule has 2 nitrogen and oxygen atoms in total. The van der Waals surface area contributed by atoms with E-state index in [1.54, 1.807) is 0 Å². The Morgan fingerprint density at radius 2 is 2.07 bits per heavy atom. The molecule has 0 saturated heterocycles. The summed E-state index contributed by atoms with van der Waals surface area (Å²) < 4.78 is 25.4. The summed E-state index contributed by atoms with van der Waals surface area (Å²) in [6, 6.07) is 2.68. The second kappa shape index (κ2) is 3.98. The standard InChI is InChI=1S/C9H4BrClF2N2/c10-6-2-4(8(12)13)1-5-3-14-9(11)15-7(5)6/h1-3,8H. The second-order valence-electron chi connectivity index (χ2n) is 2.88. The Balaban J connectivity index is 2.73. The van der Waals surface area contributed by atoms with Crippen LogP contribution in [0.25, 0.3) is 10.9 Å². The van der Waals surface area contributed by atoms with Crippen LogP contribution in [0.4, 0.5) is 8.78 Å². The van der Waals surface area contributed by atoms with Crippen LogP contribution in [-0.2, 0) is 0 Å². The van der Waals surface area contributed by atoms with Crippen LogP contribution in [0.15, 0.2) is 22.8 Å². The number of hydrogen-bond acceptors (Lipinski definition) is 2. The van der Waals surface area contributed by atoms with Crippen LogP contribution in [0.3, 0.4) is 0 Å². The number of benzene rings is 1. The molecular weight excluding hydrogens is 289 g/mol. The number of hydrogen-bond donors (Lipinski definition) is 0. The summed E-state index contributed by atoms with van der Waals surface area (Å²) in [5.41, 5.74) is 0.458. The van der Waals surface area contributed by atoms with Crippen LogP contribution in [0.5, 0.6) is 0 Å². The molecule has 1 aromatic heterocycles. The third kappa shape index (κ3) is 2.08. The molecule has 0 saturated carbocycles. The quantitative estimate of drug-likeness (QED) is 0.743. The second-order valence-corrected chi connectivity index (χ2v) is 4.07. The first-order valence-electron chi connectivity index (χ1n) is 3.98. The Morgan fingerprint density at radius 1 is 1.33 bits per heavy atom. The van der Waals surface area contributed by atoms with Gasteiger partial charge in [0.25, 0.3) is 6.43 Å². The van der Waals surface area contributed by atoms with Gasteiger partial charge >= 0.3 is 0 Å². The van der Waals surface area contributed by atoms with E-state index in [9.17, 15) is 8.78 Å². The zero-order valence-electron chi connectivity index (χ0n) is 7.22. The predicted octanol–water partition coefficient (Wildman–Crippen LogP) is 3.98. The van der Waals surface area contributed by atoms with Gasteiger partial charge in [0.15, 0.2) is 0 Å². The molecule has 2 aromatic rings. The van der Waals surface area contributed by atoms with E-state index in [1.165, 1.54) is 18.3 Å². The van der Waals surface area contributed by atoms with Crippen LogP contribution in [0.2, 0.25) is 5.28 Å². The van der Waals surface area contributed by atoms with Crippen LogP contribution < -0.4 is 0 Å². The Labute approximate surface area is 97.4 Å². The van der Waals surface area contributed by atoms with E-state index >= 15 is 0 Å². The average Bonchev–Trinajstić information content (AvgIpc) is 2.18. The van der Waals surface area contributed by atoms with Gasteiger partial charge in [-0.25, -0.2) is 18.7 Å². The topological polar surface area (TPSA) is 25.8 Å². The van der Waals surface area contributed by atoms with Gasteiger partial charge in [-0.3, -0.25) is 0 Å². The third-order valence-corrected chi connectivity index (χ3v) is 2.67. The molecule has 0 N–H and O–H groups in total. The molecule has 2 rings (SSSR count). The summed E-state index contributed by atoms with van der Waals surface area (Å²) in [5.74, 6) is 0. The van der Waals surface area contributed by atoms with Crippen LogP contribution in [0, 0.1) is 0 Å². The monoisotopic (exact) mass is 292 g/mol. The van der Waals surface area contributed by atoms with Crippen molar-refractivity contribution in [2.75, 3.05) is 0 Å². The van der Waals surface area contributed by atoms with Crippen molar-refractivity contribution in [2.45, 2.75) is 6.43 Å². The highest BCUT2D eigenvalue weighted by Crippen LogP contribution is 2.29. The fourth-order valence-corrected chi connectivity index (χ4v) is 1.94. The maximum Gasteiger partial charge on any atom is 0.263 e. The maximum absolute atomic E-state index is 12.5. The summed E-state index contributed by atoms with van der Waals surface area (Å²) in [7, 11) is 0. The van der Waals surface area contributed by atoms with Crippen molar-refractivity contribution in [3.05, 3.63) is 33.6 Å². The molecule has 1 heterocycles. The highest BCUT2D eigenvalue weighted by atomic mass is 79.9. The molecule has 0 amide bonds. The number of fused-ring (bicyclic) bond motifs is 1. The summed E-state index contributed by atoms with van der Waals surface area (Å²) in [6.07, 6.45) is -1.09. The fourth-order valence-electron chi connectivity index (χ4n) is 1.23. The molecule has 0 aliphatic carbocycles. The Kier molecular flexibility index (Phi) is 2.84. The van der Waals surface area contributed by atoms with Crippen LogP contribution in [-0.4, -0.2) is 9.97 Å². The lowest BCUT2D eigenvalue weighted by Crippen LogP contribution is -1.89. The van der Waals surface area contributed by atoms with E-state index in [4.69, 9.17) is 11.6 Å². The molecule has 0 aliphatic rings. The first-order chi connectivity index (χ1) is 7.08. The van der Waals surface area contributed by atoms with Crippen molar-refractivity contribution >= 4 is 38.4 Å². The number of nitrogens with zero attached hydrogens (tertiary/aromatic N) is 2. The Hall–Kier alpha value is -0.810. The molecule has 15 heavy (non-hydrogen) atoms. The number of rotatable bonds is 1. The van der Waals surface area contributed by atoms with E-state index in [-0.39, 0.29) is 10.8 Å². The van der Waals surface area contributed by atoms with Gasteiger partial charge in [-0.1, -0.05) is 0 Å². The van der Waals surface area contributed by atoms with Gasteiger partial charge < -0.3 is 0 Å². The predicted molar refractivity (Wildman–Crippen MR) is 57.2 cm³/mol. The molecule has 0 radical (unpaired) electrons. The van der Waals surface area contributed by atoms with Crippen LogP contribution in [0.1, 0.15) is 12.0 Å². The molecule has 0 fully saturated rings. The Bertz CT molecular complexity index is 519. The minimum Gasteiger partial charge on any atom is -0.226 e. The normalized spacial score (nSPS) is 11.3. The van der Waals surface area contributed by atoms with Gasteiger partial charge in [-0.2, -0.15) is 0 Å². The summed E-state index contributed by atoms with van der Waals surface area (Å²) in [5, 5.41) is 0.622. The lowest BCUT2D eigenvalue weighted by Gasteiger charge is -2.04. The highest BCUT2D eigenvalue weighted by Gasteiger charge is 2.11. The van der Waals surface area contributed by atoms with E-state index in [0.29, 0.717) is 15.4 Å². The maximum atomic E-state index is 12.5. The molecule has 0 atom stereocenters. The zero-order valence-corrected chi connectivity index (χ0v) is 9.56. The molecule has 0 aliphatic heterocycles. The largest absolute Gasteiger partial charge is 0.263 e. The van der Waals surface area contributed by atoms with Crippen molar-refractivity contribution in [1.82, 2.24) is 9.97 Å². The van der Waals surface area contributed by atoms with Gasteiger partial charge in [0.1, 0.15) is 0 Å². The molecule has 0 bridgehead atoms. The van der Waals surface area contributed by atoms with E-state index in [0.717, 1.165) is 0 Å². The van der Waals surface area contributed by atoms with E-state index in [1.807, 2.05) is 0 Å². The molecule has 1 aromatic carbocycles. The van der Waals surface area contributed by atoms with E-state index in [2.05, 4.69) is 25.9 Å². The molecular formula is C9H4BrClF2N2. The van der Waals surface area contributed by atoms with Gasteiger partial charge in [-0.05, 0) is 39.7 Å². The number of halogens is 4. The van der Waals surface area contributed by atoms with Crippen molar-refractivity contribution < 1.29 is 8.78 Å².